The van der Waals surface area contributed by atoms with Gasteiger partial charge in [0.25, 0.3) is 11.8 Å². The molecule has 0 bridgehead atoms. The molecule has 0 spiro atoms. The predicted molar refractivity (Wildman–Crippen MR) is 201 cm³/mol. The van der Waals surface area contributed by atoms with Crippen molar-refractivity contribution in [2.24, 2.45) is 22.7 Å². The Labute approximate surface area is 313 Å². The van der Waals surface area contributed by atoms with Gasteiger partial charge in [0.15, 0.2) is 0 Å². The van der Waals surface area contributed by atoms with E-state index in [0.717, 1.165) is 4.90 Å². The number of imide groups is 1. The third-order valence-electron chi connectivity index (χ3n) is 9.93. The molecule has 53 heavy (non-hydrogen) atoms. The number of Topliss-reactive ketones (excluding diaryl/α,β-unsaturated/α-hetero) is 1. The number of amides is 7. The van der Waals surface area contributed by atoms with Crippen LogP contribution < -0.4 is 21.3 Å². The van der Waals surface area contributed by atoms with E-state index < -0.39 is 70.4 Å². The summed E-state index contributed by atoms with van der Waals surface area (Å²) < 4.78 is 0. The van der Waals surface area contributed by atoms with Gasteiger partial charge in [-0.05, 0) is 47.1 Å². The Morgan fingerprint density at radius 2 is 1.66 bits per heavy atom. The number of benzene rings is 1. The fourth-order valence-electron chi connectivity index (χ4n) is 6.71. The van der Waals surface area contributed by atoms with Crippen molar-refractivity contribution >= 4 is 41.4 Å². The standard InChI is InChI=1S/C40H56N6O7/c1-11-13-18-28(32(48)35(50)41-20-12-2)42-34(49)31-26(24(3)4)19-21-45(31)37(52)33(40(8,9)10)44-38(53)43-29(39(5,6)7)23-46-30(47)22-25-16-14-15-17-27(25)36(46)51/h1,12,14-17,24,26,28-29,31,33H,2,13,18-23H2,3-10H3,(H,41,50)(H,42,49)(H2,43,44,53)/t26-,28?,29-,31+,33-/m1/s1. The molecule has 13 nitrogen and oxygen atoms in total. The summed E-state index contributed by atoms with van der Waals surface area (Å²) in [5, 5.41) is 10.9. The summed E-state index contributed by atoms with van der Waals surface area (Å²) in [6.45, 7) is 18.6. The summed E-state index contributed by atoms with van der Waals surface area (Å²) in [5.41, 5.74) is -0.330. The van der Waals surface area contributed by atoms with Crippen LogP contribution in [0.15, 0.2) is 36.9 Å². The summed E-state index contributed by atoms with van der Waals surface area (Å²) in [7, 11) is 0. The van der Waals surface area contributed by atoms with Crippen LogP contribution in [0.4, 0.5) is 4.79 Å². The highest BCUT2D eigenvalue weighted by atomic mass is 16.2. The number of carbonyl (C=O) groups is 7. The maximum atomic E-state index is 14.5. The largest absolute Gasteiger partial charge is 0.346 e. The van der Waals surface area contributed by atoms with Gasteiger partial charge in [-0.25, -0.2) is 4.79 Å². The van der Waals surface area contributed by atoms with Crippen LogP contribution >= 0.6 is 0 Å². The van der Waals surface area contributed by atoms with Crippen LogP contribution in [0.3, 0.4) is 0 Å². The molecule has 7 amide bonds. The molecule has 288 valence electrons. The second-order valence-electron chi connectivity index (χ2n) is 16.3. The molecule has 1 saturated heterocycles. The zero-order chi connectivity index (χ0) is 39.8. The van der Waals surface area contributed by atoms with E-state index in [2.05, 4.69) is 33.8 Å². The van der Waals surface area contributed by atoms with Crippen molar-refractivity contribution in [2.75, 3.05) is 19.6 Å². The van der Waals surface area contributed by atoms with E-state index in [1.54, 1.807) is 45.0 Å². The maximum absolute atomic E-state index is 14.5. The highest BCUT2D eigenvalue weighted by Crippen LogP contribution is 2.34. The number of nitrogens with one attached hydrogen (secondary N) is 4. The van der Waals surface area contributed by atoms with E-state index in [-0.39, 0.29) is 56.6 Å². The lowest BCUT2D eigenvalue weighted by Crippen LogP contribution is -2.62. The van der Waals surface area contributed by atoms with Gasteiger partial charge >= 0.3 is 6.03 Å². The summed E-state index contributed by atoms with van der Waals surface area (Å²) >= 11 is 0. The molecule has 0 aliphatic carbocycles. The molecule has 1 aromatic rings. The van der Waals surface area contributed by atoms with Crippen LogP contribution in [0.5, 0.6) is 0 Å². The Hall–Kier alpha value is -4.99. The predicted octanol–water partition coefficient (Wildman–Crippen LogP) is 2.98. The number of carbonyl (C=O) groups excluding carboxylic acids is 7. The van der Waals surface area contributed by atoms with E-state index in [1.807, 2.05) is 34.6 Å². The highest BCUT2D eigenvalue weighted by molar-refractivity contribution is 6.38. The second kappa shape index (κ2) is 17.7. The smallest absolute Gasteiger partial charge is 0.315 e. The maximum Gasteiger partial charge on any atom is 0.315 e. The summed E-state index contributed by atoms with van der Waals surface area (Å²) in [5.74, 6) is -1.50. The Morgan fingerprint density at radius 1 is 1.00 bits per heavy atom. The monoisotopic (exact) mass is 732 g/mol. The van der Waals surface area contributed by atoms with Crippen LogP contribution in [-0.4, -0.2) is 95.0 Å². The number of likely N-dealkylation sites (tertiary alicyclic amines) is 1. The number of urea groups is 1. The minimum absolute atomic E-state index is 0.0247. The summed E-state index contributed by atoms with van der Waals surface area (Å²) in [6, 6.07) is 2.27. The van der Waals surface area contributed by atoms with Crippen molar-refractivity contribution in [3.63, 3.8) is 0 Å². The van der Waals surface area contributed by atoms with Crippen LogP contribution in [0.25, 0.3) is 0 Å². The van der Waals surface area contributed by atoms with Crippen molar-refractivity contribution in [3.05, 3.63) is 48.0 Å². The van der Waals surface area contributed by atoms with Crippen LogP contribution in [0.1, 0.15) is 90.6 Å². The Morgan fingerprint density at radius 3 is 2.25 bits per heavy atom. The lowest BCUT2D eigenvalue weighted by molar-refractivity contribution is -0.144. The molecular formula is C40H56N6O7. The number of ketones is 1. The number of hydrogen-bond donors (Lipinski definition) is 4. The van der Waals surface area contributed by atoms with Gasteiger partial charge in [0.1, 0.15) is 12.1 Å². The third-order valence-corrected chi connectivity index (χ3v) is 9.93. The molecule has 13 heteroatoms. The van der Waals surface area contributed by atoms with Gasteiger partial charge in [0.05, 0.1) is 18.5 Å². The Balaban J connectivity index is 1.85. The molecule has 4 N–H and O–H groups in total. The molecule has 0 radical (unpaired) electrons. The molecule has 1 unspecified atom stereocenters. The lowest BCUT2D eigenvalue weighted by Gasteiger charge is -2.39. The normalized spacial score (nSPS) is 19.0. The van der Waals surface area contributed by atoms with Crippen LogP contribution in [0.2, 0.25) is 0 Å². The van der Waals surface area contributed by atoms with E-state index >= 15 is 0 Å². The minimum atomic E-state index is -1.21. The van der Waals surface area contributed by atoms with E-state index in [9.17, 15) is 33.6 Å². The summed E-state index contributed by atoms with van der Waals surface area (Å²) in [6.07, 6.45) is 7.58. The Bertz CT molecular complexity index is 1630. The van der Waals surface area contributed by atoms with Gasteiger partial charge in [-0.15, -0.1) is 18.9 Å². The molecule has 5 atom stereocenters. The zero-order valence-corrected chi connectivity index (χ0v) is 32.3. The minimum Gasteiger partial charge on any atom is -0.346 e. The average molecular weight is 733 g/mol. The number of hydrogen-bond acceptors (Lipinski definition) is 7. The zero-order valence-electron chi connectivity index (χ0n) is 32.3. The van der Waals surface area contributed by atoms with Gasteiger partial charge < -0.3 is 26.2 Å². The topological polar surface area (TPSA) is 174 Å². The first kappa shape index (κ1) is 42.4. The van der Waals surface area contributed by atoms with Gasteiger partial charge in [-0.1, -0.05) is 79.7 Å². The molecule has 2 aliphatic rings. The van der Waals surface area contributed by atoms with Crippen molar-refractivity contribution < 1.29 is 33.6 Å². The number of nitrogens with zero attached hydrogens (tertiary/aromatic N) is 2. The molecule has 0 aromatic heterocycles. The SMILES string of the molecule is C#CCCC(NC(=O)[C@@H]1[C@@H](C(C)C)CCN1C(=O)[C@@H](NC(=O)N[C@H](CN1C(=O)Cc2ccccc2C1=O)C(C)(C)C)C(C)(C)C)C(=O)C(=O)NCC=C. The van der Waals surface area contributed by atoms with Crippen molar-refractivity contribution in [1.82, 2.24) is 31.1 Å². The quantitative estimate of drug-likeness (QED) is 0.0985. The third kappa shape index (κ3) is 10.6. The van der Waals surface area contributed by atoms with Gasteiger partial charge in [-0.3, -0.25) is 33.7 Å². The molecule has 3 rings (SSSR count). The number of rotatable bonds is 14. The fraction of sp³-hybridized carbons (Fsp3) is 0.575. The summed E-state index contributed by atoms with van der Waals surface area (Å²) in [4.78, 5) is 96.9. The first-order chi connectivity index (χ1) is 24.7. The van der Waals surface area contributed by atoms with Crippen molar-refractivity contribution in [2.45, 2.75) is 105 Å². The molecule has 2 aliphatic heterocycles. The van der Waals surface area contributed by atoms with E-state index in [0.29, 0.717) is 17.5 Å². The van der Waals surface area contributed by atoms with Gasteiger partial charge in [0, 0.05) is 31.6 Å². The van der Waals surface area contributed by atoms with Crippen LogP contribution in [0, 0.1) is 35.0 Å². The first-order valence-electron chi connectivity index (χ1n) is 18.2. The highest BCUT2D eigenvalue weighted by Gasteiger charge is 2.48. The fourth-order valence-corrected chi connectivity index (χ4v) is 6.71. The molecule has 0 saturated carbocycles. The molecule has 2 heterocycles. The lowest BCUT2D eigenvalue weighted by atomic mass is 9.84. The number of fused-ring (bicyclic) bond motifs is 1. The van der Waals surface area contributed by atoms with Crippen LogP contribution in [-0.2, 0) is 30.4 Å². The van der Waals surface area contributed by atoms with Gasteiger partial charge in [0.2, 0.25) is 23.5 Å². The van der Waals surface area contributed by atoms with Crippen molar-refractivity contribution in [1.29, 1.82) is 0 Å². The van der Waals surface area contributed by atoms with E-state index in [4.69, 9.17) is 6.42 Å². The van der Waals surface area contributed by atoms with Gasteiger partial charge in [-0.2, -0.15) is 0 Å². The first-order valence-corrected chi connectivity index (χ1v) is 18.2. The molecule has 1 fully saturated rings. The Kier molecular flexibility index (Phi) is 14.2. The van der Waals surface area contributed by atoms with E-state index in [1.165, 1.54) is 11.0 Å². The second-order valence-corrected chi connectivity index (χ2v) is 16.3. The van der Waals surface area contributed by atoms with Crippen molar-refractivity contribution in [3.8, 4) is 12.3 Å². The number of terminal acetylenes is 1. The average Bonchev–Trinajstić information content (AvgIpc) is 3.53. The molecule has 1 aromatic carbocycles. The molecular weight excluding hydrogens is 676 g/mol.